The Bertz CT molecular complexity index is 1350. The molecule has 0 radical (unpaired) electrons. The fourth-order valence-electron chi connectivity index (χ4n) is 3.56. The molecule has 0 fully saturated rings. The van der Waals surface area contributed by atoms with Gasteiger partial charge in [0.1, 0.15) is 0 Å². The van der Waals surface area contributed by atoms with Crippen molar-refractivity contribution in [1.29, 1.82) is 0 Å². The van der Waals surface area contributed by atoms with Gasteiger partial charge in [-0.05, 0) is 71.0 Å². The van der Waals surface area contributed by atoms with Crippen molar-refractivity contribution in [2.45, 2.75) is 13.1 Å². The summed E-state index contributed by atoms with van der Waals surface area (Å²) in [6.07, 6.45) is 0. The number of thiocarbonyl (C=S) groups is 2. The van der Waals surface area contributed by atoms with E-state index in [1.165, 1.54) is 0 Å². The summed E-state index contributed by atoms with van der Waals surface area (Å²) >= 11 is 24.1. The molecule has 0 bridgehead atoms. The van der Waals surface area contributed by atoms with Gasteiger partial charge in [-0.3, -0.25) is 10.9 Å². The number of nitrogens with one attached hydrogen (secondary N) is 4. The molecule has 4 rings (SSSR count). The van der Waals surface area contributed by atoms with E-state index in [9.17, 15) is 0 Å². The molecular weight excluding hydrogens is 555 g/mol. The van der Waals surface area contributed by atoms with E-state index >= 15 is 0 Å². The Balaban J connectivity index is 1.51. The van der Waals surface area contributed by atoms with E-state index in [4.69, 9.17) is 53.4 Å². The van der Waals surface area contributed by atoms with Crippen LogP contribution in [0.25, 0.3) is 11.1 Å². The average molecular weight is 582 g/mol. The number of benzene rings is 4. The molecule has 0 saturated heterocycles. The fraction of sp³-hybridized carbons (Fsp3) is 0.0714. The molecule has 0 aliphatic rings. The highest BCUT2D eigenvalue weighted by atomic mass is 35.5. The Hall–Kier alpha value is -3.56. The van der Waals surface area contributed by atoms with Crippen LogP contribution in [0.4, 0.5) is 11.4 Å². The first-order valence-corrected chi connectivity index (χ1v) is 13.3. The van der Waals surface area contributed by atoms with Crippen LogP contribution in [-0.4, -0.2) is 10.2 Å². The third-order valence-electron chi connectivity index (χ3n) is 5.54. The Kier molecular flexibility index (Phi) is 9.62. The van der Waals surface area contributed by atoms with E-state index in [0.717, 1.165) is 22.3 Å². The van der Waals surface area contributed by atoms with Gasteiger partial charge in [-0.25, -0.2) is 0 Å². The maximum atomic E-state index is 6.75. The summed E-state index contributed by atoms with van der Waals surface area (Å²) in [5.41, 5.74) is 17.3. The van der Waals surface area contributed by atoms with Gasteiger partial charge in [-0.1, -0.05) is 96.0 Å². The lowest BCUT2D eigenvalue weighted by Crippen LogP contribution is -2.57. The minimum Gasteiger partial charge on any atom is -0.398 e. The number of hydrogen-bond acceptors (Lipinski definition) is 4. The van der Waals surface area contributed by atoms with Gasteiger partial charge in [-0.2, -0.15) is 5.12 Å². The van der Waals surface area contributed by atoms with Gasteiger partial charge in [0.25, 0.3) is 0 Å². The Morgan fingerprint density at radius 1 is 0.658 bits per heavy atom. The largest absolute Gasteiger partial charge is 0.398 e. The van der Waals surface area contributed by atoms with Crippen LogP contribution >= 0.6 is 47.6 Å². The molecule has 38 heavy (non-hydrogen) atoms. The number of rotatable bonds is 8. The second-order valence-electron chi connectivity index (χ2n) is 8.30. The second-order valence-corrected chi connectivity index (χ2v) is 9.93. The van der Waals surface area contributed by atoms with E-state index in [1.807, 2.05) is 91.0 Å². The molecule has 4 aromatic rings. The molecular formula is C28H26Cl2N6S2. The highest BCUT2D eigenvalue weighted by molar-refractivity contribution is 7.80. The van der Waals surface area contributed by atoms with Crippen LogP contribution in [-0.2, 0) is 13.1 Å². The maximum absolute atomic E-state index is 6.75. The molecule has 194 valence electrons. The molecule has 0 spiro atoms. The van der Waals surface area contributed by atoms with Crippen molar-refractivity contribution in [2.24, 2.45) is 0 Å². The third-order valence-corrected chi connectivity index (χ3v) is 6.64. The van der Waals surface area contributed by atoms with Crippen molar-refractivity contribution in [2.75, 3.05) is 10.9 Å². The van der Waals surface area contributed by atoms with Gasteiger partial charge in [0.2, 0.25) is 0 Å². The summed E-state index contributed by atoms with van der Waals surface area (Å²) in [5.74, 6) is 0. The average Bonchev–Trinajstić information content (AvgIpc) is 2.93. The standard InChI is InChI=1S/C28H26Cl2N6S2/c29-23-15-21(11-13-25(23)31)22-12-14-26(24(30)16-22)36(34-27(37)32-17-19-7-3-1-4-8-19)35-28(38)33-18-20-9-5-2-6-10-20/h1-16H,17-18,31H2,(H2,32,34,37)(H2,33,35,38). The minimum atomic E-state index is 0.387. The van der Waals surface area contributed by atoms with Crippen molar-refractivity contribution in [3.05, 3.63) is 118 Å². The number of hydrazine groups is 2. The quantitative estimate of drug-likeness (QED) is 0.0956. The second kappa shape index (κ2) is 13.3. The van der Waals surface area contributed by atoms with Crippen LogP contribution < -0.4 is 32.3 Å². The van der Waals surface area contributed by atoms with Crippen LogP contribution in [0, 0.1) is 0 Å². The zero-order valence-corrected chi connectivity index (χ0v) is 23.4. The van der Waals surface area contributed by atoms with Crippen molar-refractivity contribution >= 4 is 69.2 Å². The van der Waals surface area contributed by atoms with Crippen molar-refractivity contribution < 1.29 is 0 Å². The molecule has 10 heteroatoms. The van der Waals surface area contributed by atoms with Gasteiger partial charge in [0.05, 0.1) is 21.4 Å². The lowest BCUT2D eigenvalue weighted by atomic mass is 10.0. The van der Waals surface area contributed by atoms with Crippen molar-refractivity contribution in [3.63, 3.8) is 0 Å². The summed E-state index contributed by atoms with van der Waals surface area (Å²) in [7, 11) is 0. The van der Waals surface area contributed by atoms with E-state index in [-0.39, 0.29) is 0 Å². The van der Waals surface area contributed by atoms with E-state index in [0.29, 0.717) is 44.7 Å². The van der Waals surface area contributed by atoms with Gasteiger partial charge in [-0.15, -0.1) is 0 Å². The summed E-state index contributed by atoms with van der Waals surface area (Å²) in [6.45, 7) is 1.11. The molecule has 4 aromatic carbocycles. The number of nitrogens with zero attached hydrogens (tertiary/aromatic N) is 1. The summed E-state index contributed by atoms with van der Waals surface area (Å²) < 4.78 is 0. The Morgan fingerprint density at radius 3 is 1.61 bits per heavy atom. The molecule has 0 saturated carbocycles. The van der Waals surface area contributed by atoms with E-state index in [1.54, 1.807) is 11.2 Å². The fourth-order valence-corrected chi connectivity index (χ4v) is 4.33. The number of hydrogen-bond donors (Lipinski definition) is 5. The minimum absolute atomic E-state index is 0.387. The zero-order chi connectivity index (χ0) is 26.9. The Labute approximate surface area is 243 Å². The maximum Gasteiger partial charge on any atom is 0.187 e. The van der Waals surface area contributed by atoms with Crippen molar-refractivity contribution in [1.82, 2.24) is 21.5 Å². The molecule has 0 unspecified atom stereocenters. The lowest BCUT2D eigenvalue weighted by molar-refractivity contribution is 0.696. The third kappa shape index (κ3) is 7.72. The van der Waals surface area contributed by atoms with E-state index in [2.05, 4.69) is 21.5 Å². The molecule has 6 N–H and O–H groups in total. The molecule has 0 aliphatic carbocycles. The molecule has 0 heterocycles. The summed E-state index contributed by atoms with van der Waals surface area (Å²) in [6, 6.07) is 31.1. The monoisotopic (exact) mass is 580 g/mol. The first kappa shape index (κ1) is 27.5. The molecule has 0 atom stereocenters. The smallest absolute Gasteiger partial charge is 0.187 e. The van der Waals surface area contributed by atoms with Gasteiger partial charge in [0.15, 0.2) is 10.2 Å². The van der Waals surface area contributed by atoms with Crippen LogP contribution in [0.3, 0.4) is 0 Å². The topological polar surface area (TPSA) is 77.4 Å². The summed E-state index contributed by atoms with van der Waals surface area (Å²) in [4.78, 5) is 0. The number of nitrogen functional groups attached to an aromatic ring is 1. The normalized spacial score (nSPS) is 10.4. The van der Waals surface area contributed by atoms with Crippen LogP contribution in [0.2, 0.25) is 10.0 Å². The van der Waals surface area contributed by atoms with Crippen LogP contribution in [0.15, 0.2) is 97.1 Å². The lowest BCUT2D eigenvalue weighted by Gasteiger charge is -2.29. The van der Waals surface area contributed by atoms with Gasteiger partial charge >= 0.3 is 0 Å². The first-order chi connectivity index (χ1) is 18.4. The highest BCUT2D eigenvalue weighted by Gasteiger charge is 2.15. The predicted molar refractivity (Wildman–Crippen MR) is 167 cm³/mol. The first-order valence-electron chi connectivity index (χ1n) is 11.7. The zero-order valence-electron chi connectivity index (χ0n) is 20.2. The highest BCUT2D eigenvalue weighted by Crippen LogP contribution is 2.32. The predicted octanol–water partition coefficient (Wildman–Crippen LogP) is 6.21. The van der Waals surface area contributed by atoms with Crippen LogP contribution in [0.1, 0.15) is 11.1 Å². The van der Waals surface area contributed by atoms with Crippen molar-refractivity contribution in [3.8, 4) is 11.1 Å². The molecule has 0 amide bonds. The summed E-state index contributed by atoms with van der Waals surface area (Å²) in [5, 5.41) is 9.72. The van der Waals surface area contributed by atoms with E-state index < -0.39 is 0 Å². The number of halogens is 2. The molecule has 0 aromatic heterocycles. The molecule has 0 aliphatic heterocycles. The number of anilines is 2. The molecule has 6 nitrogen and oxygen atoms in total. The SMILES string of the molecule is Nc1ccc(-c2ccc(N(NC(=S)NCc3ccccc3)NC(=S)NCc3ccccc3)c(Cl)c2)cc1Cl. The van der Waals surface area contributed by atoms with Crippen LogP contribution in [0.5, 0.6) is 0 Å². The number of nitrogens with two attached hydrogens (primary N) is 1. The van der Waals surface area contributed by atoms with Gasteiger partial charge in [0, 0.05) is 13.1 Å². The Morgan fingerprint density at radius 2 is 1.13 bits per heavy atom. The van der Waals surface area contributed by atoms with Gasteiger partial charge < -0.3 is 16.4 Å².